The Morgan fingerprint density at radius 2 is 1.38 bits per heavy atom. The van der Waals surface area contributed by atoms with Gasteiger partial charge in [0, 0.05) is 10.8 Å². The van der Waals surface area contributed by atoms with Crippen LogP contribution in [0.3, 0.4) is 0 Å². The highest BCUT2D eigenvalue weighted by Crippen LogP contribution is 2.40. The lowest BCUT2D eigenvalue weighted by atomic mass is 9.85. The molecule has 0 saturated heterocycles. The quantitative estimate of drug-likeness (QED) is 0.632. The summed E-state index contributed by atoms with van der Waals surface area (Å²) in [6, 6.07) is 26.1. The second-order valence-electron chi connectivity index (χ2n) is 6.48. The Morgan fingerprint density at radius 1 is 0.862 bits per heavy atom. The molecule has 1 atom stereocenters. The van der Waals surface area contributed by atoms with Crippen LogP contribution in [0.5, 0.6) is 0 Å². The number of halogens is 1. The van der Waals surface area contributed by atoms with Gasteiger partial charge in [-0.25, -0.2) is 0 Å². The lowest BCUT2D eigenvalue weighted by Gasteiger charge is -2.29. The zero-order valence-electron chi connectivity index (χ0n) is 15.5. The van der Waals surface area contributed by atoms with Crippen molar-refractivity contribution < 1.29 is 9.90 Å². The average Bonchev–Trinajstić information content (AvgIpc) is 2.99. The standard InChI is InChI=1S/C23H18ClNO2S.H3N/c24-17-13-7-8-14-18(17)28-22-21(26)20(25-23(22)27)19(15-9-3-1-4-10-15)16-11-5-2-6-12-16;/h1-14,19-20,26H,(H,25,27);1H3/p-1/t20-;/m0./s1. The summed E-state index contributed by atoms with van der Waals surface area (Å²) in [4.78, 5) is 13.5. The lowest BCUT2D eigenvalue weighted by molar-refractivity contribution is -0.309. The minimum atomic E-state index is -0.651. The highest BCUT2D eigenvalue weighted by atomic mass is 35.5. The number of carbonyl (C=O) groups is 1. The van der Waals surface area contributed by atoms with Gasteiger partial charge in [0.2, 0.25) is 0 Å². The Morgan fingerprint density at radius 3 is 1.93 bits per heavy atom. The van der Waals surface area contributed by atoms with E-state index in [1.165, 1.54) is 0 Å². The normalized spacial score (nSPS) is 15.9. The summed E-state index contributed by atoms with van der Waals surface area (Å²) >= 11 is 7.34. The molecule has 3 aromatic carbocycles. The number of amides is 1. The van der Waals surface area contributed by atoms with Crippen LogP contribution in [0.25, 0.3) is 0 Å². The van der Waals surface area contributed by atoms with Crippen molar-refractivity contribution in [2.45, 2.75) is 16.9 Å². The predicted octanol–water partition coefficient (Wildman–Crippen LogP) is 4.50. The molecule has 1 aliphatic heterocycles. The van der Waals surface area contributed by atoms with Crippen LogP contribution in [-0.4, -0.2) is 11.9 Å². The Kier molecular flexibility index (Phi) is 6.64. The molecule has 0 saturated carbocycles. The number of benzene rings is 3. The van der Waals surface area contributed by atoms with E-state index < -0.39 is 6.04 Å². The summed E-state index contributed by atoms with van der Waals surface area (Å²) in [6.45, 7) is 0. The Bertz CT molecular complexity index is 986. The van der Waals surface area contributed by atoms with E-state index in [0.29, 0.717) is 9.92 Å². The van der Waals surface area contributed by atoms with Crippen molar-refractivity contribution in [1.29, 1.82) is 0 Å². The summed E-state index contributed by atoms with van der Waals surface area (Å²) in [6.07, 6.45) is 0. The number of carbonyl (C=O) groups excluding carboxylic acids is 1. The van der Waals surface area contributed by atoms with Crippen LogP contribution in [0.2, 0.25) is 5.02 Å². The van der Waals surface area contributed by atoms with E-state index in [0.717, 1.165) is 22.9 Å². The third-order valence-electron chi connectivity index (χ3n) is 4.70. The summed E-state index contributed by atoms with van der Waals surface area (Å²) < 4.78 is 0. The summed E-state index contributed by atoms with van der Waals surface area (Å²) in [7, 11) is 0. The van der Waals surface area contributed by atoms with Gasteiger partial charge in [0.15, 0.2) is 0 Å². The first-order chi connectivity index (χ1) is 13.6. The molecule has 0 radical (unpaired) electrons. The van der Waals surface area contributed by atoms with Crippen molar-refractivity contribution in [2.75, 3.05) is 0 Å². The number of rotatable bonds is 5. The Balaban J connectivity index is 0.00000240. The number of thioether (sulfide) groups is 1. The van der Waals surface area contributed by atoms with Crippen molar-refractivity contribution in [3.8, 4) is 0 Å². The molecule has 1 heterocycles. The maximum atomic E-state index is 13.2. The molecule has 3 aromatic rings. The van der Waals surface area contributed by atoms with Crippen LogP contribution in [-0.2, 0) is 4.79 Å². The molecule has 1 amide bonds. The fraction of sp³-hybridized carbons (Fsp3) is 0.0870. The van der Waals surface area contributed by atoms with Gasteiger partial charge in [-0.15, -0.1) is 0 Å². The minimum absolute atomic E-state index is 0. The van der Waals surface area contributed by atoms with Gasteiger partial charge in [-0.1, -0.05) is 102 Å². The maximum absolute atomic E-state index is 13.2. The summed E-state index contributed by atoms with van der Waals surface area (Å²) in [5.41, 5.74) is 1.97. The van der Waals surface area contributed by atoms with Crippen molar-refractivity contribution in [3.63, 3.8) is 0 Å². The van der Waals surface area contributed by atoms with Gasteiger partial charge in [0.1, 0.15) is 0 Å². The molecular weight excluding hydrogens is 404 g/mol. The van der Waals surface area contributed by atoms with Crippen LogP contribution in [0.1, 0.15) is 17.0 Å². The van der Waals surface area contributed by atoms with Gasteiger partial charge in [0.25, 0.3) is 5.91 Å². The lowest BCUT2D eigenvalue weighted by Crippen LogP contribution is -2.37. The minimum Gasteiger partial charge on any atom is -0.873 e. The Labute approximate surface area is 179 Å². The molecular formula is C23H20ClN2O2S-. The second-order valence-corrected chi connectivity index (χ2v) is 7.94. The molecule has 0 aliphatic carbocycles. The van der Waals surface area contributed by atoms with Crippen molar-refractivity contribution in [1.82, 2.24) is 11.5 Å². The van der Waals surface area contributed by atoms with Gasteiger partial charge in [-0.05, 0) is 23.3 Å². The average molecular weight is 424 g/mol. The number of hydrogen-bond donors (Lipinski definition) is 2. The van der Waals surface area contributed by atoms with Gasteiger partial charge >= 0.3 is 0 Å². The fourth-order valence-corrected chi connectivity index (χ4v) is 4.56. The van der Waals surface area contributed by atoms with Crippen molar-refractivity contribution >= 4 is 29.3 Å². The van der Waals surface area contributed by atoms with E-state index in [9.17, 15) is 9.90 Å². The van der Waals surface area contributed by atoms with E-state index in [-0.39, 0.29) is 28.6 Å². The largest absolute Gasteiger partial charge is 0.873 e. The SMILES string of the molecule is N.O=C1N[C@@H](C(c2ccccc2)c2ccccc2)C([O-])=C1Sc1ccccc1Cl. The highest BCUT2D eigenvalue weighted by Gasteiger charge is 2.34. The fourth-order valence-electron chi connectivity index (χ4n) is 3.39. The molecule has 4 nitrogen and oxygen atoms in total. The number of nitrogens with one attached hydrogen (secondary N) is 1. The molecule has 0 fully saturated rings. The molecule has 29 heavy (non-hydrogen) atoms. The predicted molar refractivity (Wildman–Crippen MR) is 116 cm³/mol. The topological polar surface area (TPSA) is 87.2 Å². The summed E-state index contributed by atoms with van der Waals surface area (Å²) in [5.74, 6) is -0.812. The summed E-state index contributed by atoms with van der Waals surface area (Å²) in [5, 5.41) is 16.7. The molecule has 0 spiro atoms. The van der Waals surface area contributed by atoms with Crippen molar-refractivity contribution in [3.05, 3.63) is 112 Å². The molecule has 0 aromatic heterocycles. The highest BCUT2D eigenvalue weighted by molar-refractivity contribution is 8.04. The molecule has 4 N–H and O–H groups in total. The molecule has 1 aliphatic rings. The number of hydrogen-bond acceptors (Lipinski definition) is 4. The third-order valence-corrected chi connectivity index (χ3v) is 6.31. The van der Waals surface area contributed by atoms with Crippen molar-refractivity contribution in [2.24, 2.45) is 0 Å². The van der Waals surface area contributed by atoms with Crippen LogP contribution in [0, 0.1) is 0 Å². The molecule has 0 bridgehead atoms. The third kappa shape index (κ3) is 4.32. The molecule has 148 valence electrons. The zero-order valence-corrected chi connectivity index (χ0v) is 17.1. The van der Waals surface area contributed by atoms with Gasteiger partial charge in [-0.3, -0.25) is 4.79 Å². The first-order valence-electron chi connectivity index (χ1n) is 8.89. The monoisotopic (exact) mass is 423 g/mol. The van der Waals surface area contributed by atoms with E-state index in [4.69, 9.17) is 11.6 Å². The van der Waals surface area contributed by atoms with Gasteiger partial charge < -0.3 is 16.6 Å². The van der Waals surface area contributed by atoms with Crippen LogP contribution >= 0.6 is 23.4 Å². The molecule has 6 heteroatoms. The van der Waals surface area contributed by atoms with Crippen LogP contribution in [0.4, 0.5) is 0 Å². The Hall–Kier alpha value is -2.73. The van der Waals surface area contributed by atoms with Crippen LogP contribution < -0.4 is 16.6 Å². The van der Waals surface area contributed by atoms with E-state index in [2.05, 4.69) is 5.32 Å². The van der Waals surface area contributed by atoms with E-state index in [1.807, 2.05) is 72.8 Å². The maximum Gasteiger partial charge on any atom is 0.257 e. The van der Waals surface area contributed by atoms with Gasteiger partial charge in [-0.2, -0.15) is 0 Å². The first kappa shape index (κ1) is 21.0. The smallest absolute Gasteiger partial charge is 0.257 e. The molecule has 4 rings (SSSR count). The van der Waals surface area contributed by atoms with E-state index >= 15 is 0 Å². The van der Waals surface area contributed by atoms with E-state index in [1.54, 1.807) is 12.1 Å². The van der Waals surface area contributed by atoms with Crippen LogP contribution in [0.15, 0.2) is 100 Å². The molecule has 0 unspecified atom stereocenters. The van der Waals surface area contributed by atoms with Gasteiger partial charge in [0.05, 0.1) is 16.0 Å². The second kappa shape index (κ2) is 9.18. The zero-order chi connectivity index (χ0) is 19.5. The first-order valence-corrected chi connectivity index (χ1v) is 10.1.